The van der Waals surface area contributed by atoms with Gasteiger partial charge < -0.3 is 15.6 Å². The number of aryl methyl sites for hydroxylation is 2. The third-order valence-electron chi connectivity index (χ3n) is 7.00. The fraction of sp³-hybridized carbons (Fsp3) is 0.462. The van der Waals surface area contributed by atoms with Gasteiger partial charge in [0, 0.05) is 5.54 Å². The average molecular weight is 392 g/mol. The Morgan fingerprint density at radius 3 is 2.83 bits per heavy atom. The van der Waals surface area contributed by atoms with E-state index in [0.29, 0.717) is 5.92 Å². The Morgan fingerprint density at radius 1 is 1.17 bits per heavy atom. The molecule has 0 unspecified atom stereocenters. The summed E-state index contributed by atoms with van der Waals surface area (Å²) in [5.41, 5.74) is 11.6. The molecule has 3 nitrogen and oxygen atoms in total. The van der Waals surface area contributed by atoms with E-state index in [9.17, 15) is 5.11 Å². The van der Waals surface area contributed by atoms with E-state index in [0.717, 1.165) is 37.4 Å². The molecule has 2 aromatic rings. The molecule has 3 heteroatoms. The molecular formula is C26H33NO2. The van der Waals surface area contributed by atoms with Crippen LogP contribution in [0.25, 0.3) is 0 Å². The minimum Gasteiger partial charge on any atom is -0.465 e. The van der Waals surface area contributed by atoms with Crippen molar-refractivity contribution in [2.75, 3.05) is 6.61 Å². The Kier molecular flexibility index (Phi) is 6.07. The molecule has 29 heavy (non-hydrogen) atoms. The normalized spacial score (nSPS) is 26.1. The zero-order valence-corrected chi connectivity index (χ0v) is 17.3. The van der Waals surface area contributed by atoms with Gasteiger partial charge in [0.05, 0.1) is 12.9 Å². The van der Waals surface area contributed by atoms with E-state index >= 15 is 0 Å². The zero-order valence-electron chi connectivity index (χ0n) is 17.3. The molecule has 3 atom stereocenters. The minimum absolute atomic E-state index is 0.0943. The Labute approximate surface area is 174 Å². The van der Waals surface area contributed by atoms with Crippen molar-refractivity contribution in [3.63, 3.8) is 0 Å². The number of hydrogen-bond acceptors (Lipinski definition) is 3. The predicted molar refractivity (Wildman–Crippen MR) is 118 cm³/mol. The second-order valence-electron chi connectivity index (χ2n) is 9.03. The van der Waals surface area contributed by atoms with Crippen LogP contribution in [0, 0.1) is 5.92 Å². The van der Waals surface area contributed by atoms with E-state index in [1.807, 2.05) is 12.1 Å². The lowest BCUT2D eigenvalue weighted by molar-refractivity contribution is 0.198. The molecule has 154 valence electrons. The highest BCUT2D eigenvalue weighted by Crippen LogP contribution is 2.41. The summed E-state index contributed by atoms with van der Waals surface area (Å²) in [6.45, 7) is 3.77. The maximum atomic E-state index is 9.55. The van der Waals surface area contributed by atoms with E-state index < -0.39 is 0 Å². The molecule has 0 saturated heterocycles. The molecule has 2 aromatic carbocycles. The molecule has 0 radical (unpaired) electrons. The number of ether oxygens (including phenoxy) is 1. The highest BCUT2D eigenvalue weighted by Gasteiger charge is 2.36. The predicted octanol–water partition coefficient (Wildman–Crippen LogP) is 4.90. The molecular weight excluding hydrogens is 358 g/mol. The van der Waals surface area contributed by atoms with Gasteiger partial charge in [-0.05, 0) is 91.5 Å². The molecule has 0 aliphatic heterocycles. The number of aliphatic hydroxyl groups excluding tert-OH is 1. The number of para-hydroxylation sites is 1. The Balaban J connectivity index is 1.38. The molecule has 0 bridgehead atoms. The first-order valence-electron chi connectivity index (χ1n) is 11.0. The van der Waals surface area contributed by atoms with Crippen LogP contribution in [0.3, 0.4) is 0 Å². The van der Waals surface area contributed by atoms with Crippen molar-refractivity contribution in [2.45, 2.75) is 62.8 Å². The van der Waals surface area contributed by atoms with E-state index in [2.05, 4.69) is 36.9 Å². The lowest BCUT2D eigenvalue weighted by Gasteiger charge is -2.26. The van der Waals surface area contributed by atoms with Crippen molar-refractivity contribution in [2.24, 2.45) is 11.7 Å². The van der Waals surface area contributed by atoms with Gasteiger partial charge in [0.1, 0.15) is 5.75 Å². The van der Waals surface area contributed by atoms with Crippen LogP contribution in [0.2, 0.25) is 0 Å². The van der Waals surface area contributed by atoms with Crippen molar-refractivity contribution < 1.29 is 9.84 Å². The van der Waals surface area contributed by atoms with Gasteiger partial charge in [-0.1, -0.05) is 43.0 Å². The lowest BCUT2D eigenvalue weighted by Crippen LogP contribution is -2.40. The fourth-order valence-corrected chi connectivity index (χ4v) is 5.21. The number of hydrogen-bond donors (Lipinski definition) is 2. The monoisotopic (exact) mass is 391 g/mol. The average Bonchev–Trinajstić information content (AvgIpc) is 3.16. The Morgan fingerprint density at radius 2 is 2.03 bits per heavy atom. The smallest absolute Gasteiger partial charge is 0.129 e. The summed E-state index contributed by atoms with van der Waals surface area (Å²) >= 11 is 0. The van der Waals surface area contributed by atoms with Gasteiger partial charge >= 0.3 is 0 Å². The second-order valence-corrected chi connectivity index (χ2v) is 9.03. The Bertz CT molecular complexity index is 862. The van der Waals surface area contributed by atoms with Crippen LogP contribution >= 0.6 is 0 Å². The highest BCUT2D eigenvalue weighted by molar-refractivity contribution is 5.37. The molecule has 1 saturated carbocycles. The summed E-state index contributed by atoms with van der Waals surface area (Å²) in [4.78, 5) is 0. The molecule has 0 amide bonds. The van der Waals surface area contributed by atoms with Gasteiger partial charge in [-0.2, -0.15) is 0 Å². The van der Waals surface area contributed by atoms with Gasteiger partial charge in [-0.25, -0.2) is 0 Å². The van der Waals surface area contributed by atoms with Gasteiger partial charge in [-0.15, -0.1) is 0 Å². The van der Waals surface area contributed by atoms with E-state index in [4.69, 9.17) is 10.5 Å². The van der Waals surface area contributed by atoms with Crippen LogP contribution in [0.5, 0.6) is 5.75 Å². The van der Waals surface area contributed by atoms with Crippen molar-refractivity contribution >= 4 is 0 Å². The summed E-state index contributed by atoms with van der Waals surface area (Å²) in [5.74, 6) is 2.15. The molecule has 4 rings (SSSR count). The summed E-state index contributed by atoms with van der Waals surface area (Å²) in [5, 5.41) is 9.55. The minimum atomic E-state index is -0.378. The standard InChI is InChI=1S/C26H33NO2/c1-2-29-25-6-4-3-5-20(25)9-7-19-8-10-22-16-23(12-11-21(22)15-19)24-13-14-26(27,17-24)18-28/h2-6,11-12,16,19,24,28H,1,7-10,13-15,17-18,27H2/t19-,24+,26-/m1/s1. The first kappa shape index (κ1) is 20.2. The SMILES string of the molecule is C=COc1ccccc1CC[C@@H]1CCc2cc([C@H]3CC[C@](N)(CO)C3)ccc2C1. The highest BCUT2D eigenvalue weighted by atomic mass is 16.5. The summed E-state index contributed by atoms with van der Waals surface area (Å²) < 4.78 is 5.56. The maximum absolute atomic E-state index is 9.55. The van der Waals surface area contributed by atoms with Crippen LogP contribution in [0.15, 0.2) is 55.3 Å². The van der Waals surface area contributed by atoms with Crippen LogP contribution in [-0.4, -0.2) is 17.3 Å². The van der Waals surface area contributed by atoms with Crippen LogP contribution in [-0.2, 0) is 19.3 Å². The fourth-order valence-electron chi connectivity index (χ4n) is 5.21. The van der Waals surface area contributed by atoms with Crippen molar-refractivity contribution in [3.8, 4) is 5.75 Å². The van der Waals surface area contributed by atoms with Crippen molar-refractivity contribution in [1.29, 1.82) is 0 Å². The molecule has 3 N–H and O–H groups in total. The van der Waals surface area contributed by atoms with Crippen LogP contribution in [0.4, 0.5) is 0 Å². The van der Waals surface area contributed by atoms with Crippen molar-refractivity contribution in [3.05, 3.63) is 77.6 Å². The van der Waals surface area contributed by atoms with Gasteiger partial charge in [0.15, 0.2) is 0 Å². The molecule has 0 heterocycles. The number of aliphatic hydroxyl groups is 1. The van der Waals surface area contributed by atoms with E-state index in [1.54, 1.807) is 0 Å². The topological polar surface area (TPSA) is 55.5 Å². The van der Waals surface area contributed by atoms with Crippen LogP contribution in [0.1, 0.15) is 60.3 Å². The second kappa shape index (κ2) is 8.73. The summed E-state index contributed by atoms with van der Waals surface area (Å²) in [7, 11) is 0. The lowest BCUT2D eigenvalue weighted by atomic mass is 9.79. The van der Waals surface area contributed by atoms with Gasteiger partial charge in [0.25, 0.3) is 0 Å². The van der Waals surface area contributed by atoms with E-state index in [1.165, 1.54) is 54.2 Å². The van der Waals surface area contributed by atoms with E-state index in [-0.39, 0.29) is 12.1 Å². The number of benzene rings is 2. The molecule has 2 aliphatic rings. The van der Waals surface area contributed by atoms with Gasteiger partial charge in [0.2, 0.25) is 0 Å². The first-order valence-corrected chi connectivity index (χ1v) is 11.0. The van der Waals surface area contributed by atoms with Crippen LogP contribution < -0.4 is 10.5 Å². The zero-order chi connectivity index (χ0) is 20.3. The number of nitrogens with two attached hydrogens (primary N) is 1. The molecule has 1 fully saturated rings. The number of fused-ring (bicyclic) bond motifs is 1. The number of rotatable bonds is 7. The van der Waals surface area contributed by atoms with Gasteiger partial charge in [-0.3, -0.25) is 0 Å². The Hall–Kier alpha value is -2.10. The van der Waals surface area contributed by atoms with Crippen molar-refractivity contribution in [1.82, 2.24) is 0 Å². The molecule has 2 aliphatic carbocycles. The molecule has 0 aromatic heterocycles. The summed E-state index contributed by atoms with van der Waals surface area (Å²) in [6.07, 6.45) is 10.2. The molecule has 0 spiro atoms. The largest absolute Gasteiger partial charge is 0.465 e. The summed E-state index contributed by atoms with van der Waals surface area (Å²) in [6, 6.07) is 15.4. The maximum Gasteiger partial charge on any atom is 0.129 e. The first-order chi connectivity index (χ1) is 14.1. The quantitative estimate of drug-likeness (QED) is 0.660. The third-order valence-corrected chi connectivity index (χ3v) is 7.00. The third kappa shape index (κ3) is 4.57.